The molecule has 0 bridgehead atoms. The van der Waals surface area contributed by atoms with Crippen molar-refractivity contribution in [3.05, 3.63) is 121 Å². The summed E-state index contributed by atoms with van der Waals surface area (Å²) in [6.45, 7) is 0. The van der Waals surface area contributed by atoms with Crippen LogP contribution in [0.5, 0.6) is 0 Å². The minimum atomic E-state index is -3.09. The van der Waals surface area contributed by atoms with Crippen molar-refractivity contribution in [2.75, 3.05) is 0 Å². The molecule has 0 aliphatic carbocycles. The number of fused-ring (bicyclic) bond motifs is 1. The van der Waals surface area contributed by atoms with Gasteiger partial charge in [-0.2, -0.15) is 0 Å². The molecule has 0 aliphatic heterocycles. The first-order chi connectivity index (χ1) is 14.7. The summed E-state index contributed by atoms with van der Waals surface area (Å²) < 4.78 is 6.24. The SMILES string of the molecule is BrP(Cc1nc2ccccc2o1)(c1ccccc1)(c1ccccc1)c1ccccc1. The van der Waals surface area contributed by atoms with Gasteiger partial charge in [0, 0.05) is 0 Å². The van der Waals surface area contributed by atoms with E-state index in [4.69, 9.17) is 9.40 Å². The van der Waals surface area contributed by atoms with Gasteiger partial charge in [-0.3, -0.25) is 0 Å². The second-order valence-corrected chi connectivity index (χ2v) is 16.4. The third-order valence-corrected chi connectivity index (χ3v) is 15.1. The van der Waals surface area contributed by atoms with E-state index in [0.717, 1.165) is 17.0 Å². The molecule has 0 N–H and O–H groups in total. The topological polar surface area (TPSA) is 26.0 Å². The normalized spacial score (nSPS) is 13.0. The van der Waals surface area contributed by atoms with Crippen LogP contribution in [0.2, 0.25) is 0 Å². The van der Waals surface area contributed by atoms with E-state index in [2.05, 4.69) is 106 Å². The van der Waals surface area contributed by atoms with Crippen LogP contribution in [-0.2, 0) is 6.16 Å². The van der Waals surface area contributed by atoms with Crippen LogP contribution < -0.4 is 15.9 Å². The number of benzene rings is 4. The minimum absolute atomic E-state index is 0.651. The summed E-state index contributed by atoms with van der Waals surface area (Å²) in [4.78, 5) is 4.86. The Kier molecular flexibility index (Phi) is 4.81. The molecule has 148 valence electrons. The molecule has 5 rings (SSSR count). The maximum absolute atomic E-state index is 6.24. The van der Waals surface area contributed by atoms with E-state index in [1.165, 1.54) is 15.9 Å². The van der Waals surface area contributed by atoms with Gasteiger partial charge in [0.15, 0.2) is 0 Å². The Bertz CT molecular complexity index is 1150. The summed E-state index contributed by atoms with van der Waals surface area (Å²) >= 11 is 4.44. The molecule has 4 heteroatoms. The number of oxazole rings is 1. The Morgan fingerprint density at radius 3 is 1.50 bits per heavy atom. The average Bonchev–Trinajstić information content (AvgIpc) is 3.23. The molecule has 0 fully saturated rings. The molecule has 0 saturated heterocycles. The Morgan fingerprint density at radius 1 is 0.600 bits per heavy atom. The quantitative estimate of drug-likeness (QED) is 0.285. The first kappa shape index (κ1) is 19.2. The van der Waals surface area contributed by atoms with Crippen LogP contribution in [0.4, 0.5) is 0 Å². The van der Waals surface area contributed by atoms with Crippen LogP contribution in [0.3, 0.4) is 0 Å². The zero-order valence-electron chi connectivity index (χ0n) is 16.4. The van der Waals surface area contributed by atoms with Gasteiger partial charge in [-0.1, -0.05) is 0 Å². The Morgan fingerprint density at radius 2 is 1.03 bits per heavy atom. The molecule has 5 aromatic rings. The van der Waals surface area contributed by atoms with Crippen LogP contribution in [0.1, 0.15) is 5.89 Å². The number of hydrogen-bond acceptors (Lipinski definition) is 2. The molecule has 1 heterocycles. The molecule has 30 heavy (non-hydrogen) atoms. The van der Waals surface area contributed by atoms with Crippen LogP contribution in [-0.4, -0.2) is 4.98 Å². The summed E-state index contributed by atoms with van der Waals surface area (Å²) in [6.07, 6.45) is 0.651. The van der Waals surface area contributed by atoms with Gasteiger partial charge < -0.3 is 0 Å². The molecule has 0 unspecified atom stereocenters. The van der Waals surface area contributed by atoms with E-state index in [-0.39, 0.29) is 0 Å². The van der Waals surface area contributed by atoms with Gasteiger partial charge in [-0.05, 0) is 0 Å². The summed E-state index contributed by atoms with van der Waals surface area (Å²) in [5, 5.41) is 0.670. The van der Waals surface area contributed by atoms with Crippen LogP contribution in [0.25, 0.3) is 11.1 Å². The summed E-state index contributed by atoms with van der Waals surface area (Å²) in [7, 11) is 0. The first-order valence-electron chi connectivity index (χ1n) is 9.92. The van der Waals surface area contributed by atoms with E-state index < -0.39 is 5.31 Å². The predicted molar refractivity (Wildman–Crippen MR) is 132 cm³/mol. The van der Waals surface area contributed by atoms with E-state index in [1.54, 1.807) is 0 Å². The third-order valence-electron chi connectivity index (χ3n) is 5.65. The van der Waals surface area contributed by atoms with Crippen LogP contribution >= 0.6 is 20.8 Å². The first-order valence-corrected chi connectivity index (χ1v) is 14.4. The molecular formula is C26H21BrNOP. The molecule has 0 radical (unpaired) electrons. The number of para-hydroxylation sites is 2. The Balaban J connectivity index is 1.84. The van der Waals surface area contributed by atoms with Gasteiger partial charge in [0.25, 0.3) is 0 Å². The average molecular weight is 474 g/mol. The van der Waals surface area contributed by atoms with Crippen molar-refractivity contribution in [3.8, 4) is 0 Å². The van der Waals surface area contributed by atoms with Crippen molar-refractivity contribution in [3.63, 3.8) is 0 Å². The summed E-state index contributed by atoms with van der Waals surface area (Å²) in [6, 6.07) is 40.1. The molecule has 1 aromatic heterocycles. The second kappa shape index (κ2) is 7.50. The fourth-order valence-electron chi connectivity index (χ4n) is 4.18. The number of nitrogens with zero attached hydrogens (tertiary/aromatic N) is 1. The van der Waals surface area contributed by atoms with Crippen molar-refractivity contribution in [2.45, 2.75) is 6.16 Å². The van der Waals surface area contributed by atoms with Crippen molar-refractivity contribution in [1.82, 2.24) is 4.98 Å². The number of halogens is 1. The maximum atomic E-state index is 6.24. The molecule has 0 atom stereocenters. The van der Waals surface area contributed by atoms with Gasteiger partial charge >= 0.3 is 185 Å². The van der Waals surface area contributed by atoms with Crippen molar-refractivity contribution >= 4 is 47.8 Å². The molecule has 0 saturated carbocycles. The van der Waals surface area contributed by atoms with Crippen molar-refractivity contribution < 1.29 is 4.42 Å². The number of rotatable bonds is 5. The molecule has 0 aliphatic rings. The van der Waals surface area contributed by atoms with E-state index in [9.17, 15) is 0 Å². The van der Waals surface area contributed by atoms with E-state index in [0.29, 0.717) is 6.16 Å². The summed E-state index contributed by atoms with van der Waals surface area (Å²) in [5.74, 6) is 0.738. The van der Waals surface area contributed by atoms with Gasteiger partial charge in [-0.15, -0.1) is 0 Å². The van der Waals surface area contributed by atoms with Crippen molar-refractivity contribution in [1.29, 1.82) is 0 Å². The molecular weight excluding hydrogens is 453 g/mol. The summed E-state index contributed by atoms with van der Waals surface area (Å²) in [5.41, 5.74) is 1.71. The standard InChI is InChI=1S/C26H21BrNOP/c27-30(21-12-4-1-5-13-21,22-14-6-2-7-15-22,23-16-8-3-9-17-23)20-26-28-24-18-10-11-19-25(24)29-26/h1-19H,20H2. The van der Waals surface area contributed by atoms with Gasteiger partial charge in [0.05, 0.1) is 0 Å². The molecule has 0 amide bonds. The van der Waals surface area contributed by atoms with Crippen molar-refractivity contribution in [2.24, 2.45) is 0 Å². The van der Waals surface area contributed by atoms with Crippen LogP contribution in [0.15, 0.2) is 120 Å². The third kappa shape index (κ3) is 3.01. The number of hydrogen-bond donors (Lipinski definition) is 0. The van der Waals surface area contributed by atoms with E-state index in [1.807, 2.05) is 24.3 Å². The second-order valence-electron chi connectivity index (χ2n) is 7.42. The van der Waals surface area contributed by atoms with Gasteiger partial charge in [0.2, 0.25) is 0 Å². The monoisotopic (exact) mass is 473 g/mol. The molecule has 0 spiro atoms. The zero-order valence-corrected chi connectivity index (χ0v) is 18.8. The van der Waals surface area contributed by atoms with Gasteiger partial charge in [0.1, 0.15) is 0 Å². The zero-order chi connectivity index (χ0) is 20.5. The molecule has 4 aromatic carbocycles. The Hall–Kier alpha value is -2.74. The Labute approximate surface area is 184 Å². The predicted octanol–water partition coefficient (Wildman–Crippen LogP) is 6.17. The van der Waals surface area contributed by atoms with Crippen LogP contribution in [0, 0.1) is 0 Å². The van der Waals surface area contributed by atoms with E-state index >= 15 is 0 Å². The fraction of sp³-hybridized carbons (Fsp3) is 0.0385. The van der Waals surface area contributed by atoms with Gasteiger partial charge in [-0.25, -0.2) is 0 Å². The number of aromatic nitrogens is 1. The molecule has 2 nitrogen and oxygen atoms in total. The fourth-order valence-corrected chi connectivity index (χ4v) is 11.4.